The van der Waals surface area contributed by atoms with Gasteiger partial charge in [0.1, 0.15) is 22.2 Å². The predicted molar refractivity (Wildman–Crippen MR) is 120 cm³/mol. The van der Waals surface area contributed by atoms with Crippen LogP contribution < -0.4 is 19.9 Å². The molecule has 0 bridgehead atoms. The summed E-state index contributed by atoms with van der Waals surface area (Å²) < 4.78 is 68.4. The predicted octanol–water partition coefficient (Wildman–Crippen LogP) is 3.98. The van der Waals surface area contributed by atoms with Gasteiger partial charge in [-0.05, 0) is 42.0 Å². The minimum absolute atomic E-state index is 0.0276. The molecule has 11 heteroatoms. The second-order valence-corrected chi connectivity index (χ2v) is 8.56. The van der Waals surface area contributed by atoms with Crippen molar-refractivity contribution in [3.63, 3.8) is 0 Å². The summed E-state index contributed by atoms with van der Waals surface area (Å²) in [5.41, 5.74) is 5.38. The van der Waals surface area contributed by atoms with Gasteiger partial charge in [0, 0.05) is 17.6 Å². The second kappa shape index (κ2) is 8.51. The fraction of sp³-hybridized carbons (Fsp3) is 0.0909. The van der Waals surface area contributed by atoms with Crippen molar-refractivity contribution < 1.29 is 26.7 Å². The molecule has 1 heterocycles. The fourth-order valence-corrected chi connectivity index (χ4v) is 4.54. The monoisotopic (exact) mass is 472 g/mol. The molecule has 4 aromatic rings. The molecule has 0 aliphatic carbocycles. The highest BCUT2D eigenvalue weighted by Crippen LogP contribution is 2.35. The molecule has 0 saturated heterocycles. The van der Waals surface area contributed by atoms with Crippen molar-refractivity contribution >= 4 is 32.6 Å². The van der Waals surface area contributed by atoms with Gasteiger partial charge in [0.15, 0.2) is 5.82 Å². The SMILES string of the molecule is COc1ccc(OC)c(S(=O)(=O)Nc2ccc(F)c(-c3ccc4nc(N)ncc4c3)c2F)c1. The lowest BCUT2D eigenvalue weighted by Gasteiger charge is -2.15. The Morgan fingerprint density at radius 1 is 1.00 bits per heavy atom. The lowest BCUT2D eigenvalue weighted by molar-refractivity contribution is 0.392. The zero-order chi connectivity index (χ0) is 23.8. The second-order valence-electron chi connectivity index (χ2n) is 6.91. The summed E-state index contributed by atoms with van der Waals surface area (Å²) in [6, 6.07) is 10.6. The summed E-state index contributed by atoms with van der Waals surface area (Å²) in [6.07, 6.45) is 1.43. The first-order valence-electron chi connectivity index (χ1n) is 9.49. The van der Waals surface area contributed by atoms with E-state index >= 15 is 4.39 Å². The topological polar surface area (TPSA) is 116 Å². The van der Waals surface area contributed by atoms with Crippen LogP contribution in [0.5, 0.6) is 11.5 Å². The van der Waals surface area contributed by atoms with Gasteiger partial charge >= 0.3 is 0 Å². The lowest BCUT2D eigenvalue weighted by atomic mass is 10.0. The number of anilines is 2. The normalized spacial score (nSPS) is 11.4. The average Bonchev–Trinajstić information content (AvgIpc) is 2.80. The Hall–Kier alpha value is -3.99. The van der Waals surface area contributed by atoms with Crippen LogP contribution in [0.25, 0.3) is 22.0 Å². The first kappa shape index (κ1) is 22.2. The Morgan fingerprint density at radius 3 is 2.52 bits per heavy atom. The Balaban J connectivity index is 1.79. The standard InChI is InChI=1S/C22H18F2N4O4S/c1-31-14-4-8-18(32-2)19(10-14)33(29,30)28-17-7-5-15(23)20(21(17)24)12-3-6-16-13(9-12)11-26-22(25)27-16/h3-11,28H,1-2H3,(H2,25,26,27). The summed E-state index contributed by atoms with van der Waals surface area (Å²) in [5.74, 6) is -1.60. The molecule has 0 aliphatic heterocycles. The highest BCUT2D eigenvalue weighted by Gasteiger charge is 2.24. The largest absolute Gasteiger partial charge is 0.497 e. The number of nitrogens with one attached hydrogen (secondary N) is 1. The van der Waals surface area contributed by atoms with Crippen LogP contribution in [-0.2, 0) is 10.0 Å². The van der Waals surface area contributed by atoms with Gasteiger partial charge in [-0.1, -0.05) is 6.07 Å². The van der Waals surface area contributed by atoms with E-state index in [0.717, 1.165) is 12.1 Å². The van der Waals surface area contributed by atoms with Crippen LogP contribution >= 0.6 is 0 Å². The first-order chi connectivity index (χ1) is 15.7. The number of hydrogen-bond donors (Lipinski definition) is 2. The van der Waals surface area contributed by atoms with Crippen LogP contribution in [0.2, 0.25) is 0 Å². The van der Waals surface area contributed by atoms with Crippen LogP contribution in [0.15, 0.2) is 59.6 Å². The highest BCUT2D eigenvalue weighted by atomic mass is 32.2. The number of ether oxygens (including phenoxy) is 2. The Kier molecular flexibility index (Phi) is 5.73. The van der Waals surface area contributed by atoms with Gasteiger partial charge in [0.05, 0.1) is 31.0 Å². The summed E-state index contributed by atoms with van der Waals surface area (Å²) in [4.78, 5) is 7.66. The van der Waals surface area contributed by atoms with Crippen molar-refractivity contribution in [3.05, 3.63) is 66.4 Å². The molecule has 0 spiro atoms. The van der Waals surface area contributed by atoms with E-state index in [2.05, 4.69) is 14.7 Å². The van der Waals surface area contributed by atoms with E-state index in [1.54, 1.807) is 6.07 Å². The molecule has 0 amide bonds. The van der Waals surface area contributed by atoms with E-state index < -0.39 is 32.9 Å². The maximum absolute atomic E-state index is 15.4. The van der Waals surface area contributed by atoms with E-state index in [0.29, 0.717) is 10.9 Å². The maximum atomic E-state index is 15.4. The third-order valence-electron chi connectivity index (χ3n) is 4.88. The lowest BCUT2D eigenvalue weighted by Crippen LogP contribution is -2.15. The zero-order valence-corrected chi connectivity index (χ0v) is 18.3. The number of nitrogens with zero attached hydrogens (tertiary/aromatic N) is 2. The molecule has 8 nitrogen and oxygen atoms in total. The molecule has 0 radical (unpaired) electrons. The highest BCUT2D eigenvalue weighted by molar-refractivity contribution is 7.92. The number of hydrogen-bond acceptors (Lipinski definition) is 7. The molecule has 0 saturated carbocycles. The van der Waals surface area contributed by atoms with Gasteiger partial charge in [-0.15, -0.1) is 0 Å². The zero-order valence-electron chi connectivity index (χ0n) is 17.5. The van der Waals surface area contributed by atoms with E-state index in [1.165, 1.54) is 50.7 Å². The number of fused-ring (bicyclic) bond motifs is 1. The number of halogens is 2. The van der Waals surface area contributed by atoms with Crippen molar-refractivity contribution in [2.45, 2.75) is 4.90 Å². The number of methoxy groups -OCH3 is 2. The smallest absolute Gasteiger partial charge is 0.265 e. The average molecular weight is 472 g/mol. The number of nitrogen functional groups attached to an aromatic ring is 1. The van der Waals surface area contributed by atoms with Crippen LogP contribution in [-0.4, -0.2) is 32.6 Å². The summed E-state index contributed by atoms with van der Waals surface area (Å²) in [6.45, 7) is 0. The summed E-state index contributed by atoms with van der Waals surface area (Å²) in [5, 5.41) is 0.507. The van der Waals surface area contributed by atoms with E-state index in [-0.39, 0.29) is 27.9 Å². The minimum Gasteiger partial charge on any atom is -0.497 e. The number of aromatic nitrogens is 2. The molecule has 1 aromatic heterocycles. The third kappa shape index (κ3) is 4.22. The molecule has 3 aromatic carbocycles. The molecule has 170 valence electrons. The van der Waals surface area contributed by atoms with E-state index in [9.17, 15) is 12.8 Å². The van der Waals surface area contributed by atoms with Crippen molar-refractivity contribution in [2.75, 3.05) is 24.7 Å². The van der Waals surface area contributed by atoms with Gasteiger partial charge in [0.2, 0.25) is 5.95 Å². The Bertz CT molecular complexity index is 1480. The molecule has 0 fully saturated rings. The number of rotatable bonds is 6. The molecule has 0 aliphatic rings. The quantitative estimate of drug-likeness (QED) is 0.436. The van der Waals surface area contributed by atoms with Gasteiger partial charge < -0.3 is 15.2 Å². The molecule has 0 atom stereocenters. The first-order valence-corrected chi connectivity index (χ1v) is 11.0. The van der Waals surface area contributed by atoms with Crippen molar-refractivity contribution in [1.82, 2.24) is 9.97 Å². The molecule has 4 rings (SSSR count). The fourth-order valence-electron chi connectivity index (χ4n) is 3.29. The van der Waals surface area contributed by atoms with Gasteiger partial charge in [-0.2, -0.15) is 0 Å². The Labute approximate surface area is 188 Å². The van der Waals surface area contributed by atoms with Crippen LogP contribution in [0.3, 0.4) is 0 Å². The number of sulfonamides is 1. The Morgan fingerprint density at radius 2 is 1.79 bits per heavy atom. The number of nitrogens with two attached hydrogens (primary N) is 1. The van der Waals surface area contributed by atoms with Crippen molar-refractivity contribution in [3.8, 4) is 22.6 Å². The molecular weight excluding hydrogens is 454 g/mol. The minimum atomic E-state index is -4.31. The third-order valence-corrected chi connectivity index (χ3v) is 6.27. The van der Waals surface area contributed by atoms with Crippen molar-refractivity contribution in [2.24, 2.45) is 0 Å². The molecule has 3 N–H and O–H groups in total. The summed E-state index contributed by atoms with van der Waals surface area (Å²) >= 11 is 0. The number of benzene rings is 3. The molecule has 0 unspecified atom stereocenters. The maximum Gasteiger partial charge on any atom is 0.265 e. The molecule has 33 heavy (non-hydrogen) atoms. The van der Waals surface area contributed by atoms with E-state index in [1.807, 2.05) is 0 Å². The van der Waals surface area contributed by atoms with Crippen LogP contribution in [0, 0.1) is 11.6 Å². The van der Waals surface area contributed by atoms with Gasteiger partial charge in [-0.3, -0.25) is 4.72 Å². The van der Waals surface area contributed by atoms with Crippen LogP contribution in [0.1, 0.15) is 0 Å². The van der Waals surface area contributed by atoms with Crippen molar-refractivity contribution in [1.29, 1.82) is 0 Å². The van der Waals surface area contributed by atoms with E-state index in [4.69, 9.17) is 15.2 Å². The summed E-state index contributed by atoms with van der Waals surface area (Å²) in [7, 11) is -1.64. The molecular formula is C22H18F2N4O4S. The van der Waals surface area contributed by atoms with Crippen LogP contribution in [0.4, 0.5) is 20.4 Å². The van der Waals surface area contributed by atoms with Gasteiger partial charge in [-0.25, -0.2) is 27.2 Å². The van der Waals surface area contributed by atoms with Gasteiger partial charge in [0.25, 0.3) is 10.0 Å².